The molecule has 3 rings (SSSR count). The van der Waals surface area contributed by atoms with Crippen molar-refractivity contribution in [1.29, 1.82) is 0 Å². The van der Waals surface area contributed by atoms with Gasteiger partial charge in [-0.25, -0.2) is 4.99 Å². The first kappa shape index (κ1) is 17.5. The Hall–Kier alpha value is -0.830. The fraction of sp³-hybridized carbons (Fsp3) is 0.733. The quantitative estimate of drug-likeness (QED) is 0.460. The van der Waals surface area contributed by atoms with Gasteiger partial charge in [-0.2, -0.15) is 5.10 Å². The van der Waals surface area contributed by atoms with Crippen LogP contribution in [0.3, 0.4) is 0 Å². The Morgan fingerprint density at radius 1 is 1.50 bits per heavy atom. The van der Waals surface area contributed by atoms with E-state index in [0.29, 0.717) is 12.0 Å². The van der Waals surface area contributed by atoms with Gasteiger partial charge in [-0.05, 0) is 25.8 Å². The third-order valence-electron chi connectivity index (χ3n) is 4.57. The summed E-state index contributed by atoms with van der Waals surface area (Å²) >= 11 is 0. The van der Waals surface area contributed by atoms with Crippen LogP contribution in [-0.4, -0.2) is 53.5 Å². The van der Waals surface area contributed by atoms with Crippen molar-refractivity contribution in [2.75, 3.05) is 32.8 Å². The van der Waals surface area contributed by atoms with Crippen molar-refractivity contribution < 1.29 is 4.74 Å². The lowest BCUT2D eigenvalue weighted by Crippen LogP contribution is -2.41. The Labute approximate surface area is 149 Å². The number of halogens is 1. The van der Waals surface area contributed by atoms with Crippen molar-refractivity contribution >= 4 is 29.9 Å². The minimum absolute atomic E-state index is 0. The number of hydrogen-bond acceptors (Lipinski definition) is 3. The van der Waals surface area contributed by atoms with Gasteiger partial charge < -0.3 is 15.0 Å². The molecule has 0 aliphatic carbocycles. The summed E-state index contributed by atoms with van der Waals surface area (Å²) in [5, 5.41) is 7.61. The third-order valence-corrected chi connectivity index (χ3v) is 4.57. The first-order valence-electron chi connectivity index (χ1n) is 7.80. The number of rotatable bonds is 3. The van der Waals surface area contributed by atoms with E-state index in [0.717, 1.165) is 44.5 Å². The lowest BCUT2D eigenvalue weighted by Gasteiger charge is -2.24. The van der Waals surface area contributed by atoms with E-state index < -0.39 is 0 Å². The molecule has 2 aliphatic heterocycles. The summed E-state index contributed by atoms with van der Waals surface area (Å²) in [6.45, 7) is 7.62. The summed E-state index contributed by atoms with van der Waals surface area (Å²) in [5.41, 5.74) is 1.49. The molecule has 2 saturated heterocycles. The van der Waals surface area contributed by atoms with Gasteiger partial charge in [0.1, 0.15) is 0 Å². The van der Waals surface area contributed by atoms with Gasteiger partial charge in [-0.1, -0.05) is 0 Å². The minimum atomic E-state index is 0. The highest BCUT2D eigenvalue weighted by atomic mass is 127. The lowest BCUT2D eigenvalue weighted by atomic mass is 9.87. The van der Waals surface area contributed by atoms with Gasteiger partial charge in [0, 0.05) is 44.9 Å². The maximum absolute atomic E-state index is 5.61. The molecular weight excluding hydrogens is 393 g/mol. The van der Waals surface area contributed by atoms with Gasteiger partial charge in [-0.3, -0.25) is 4.68 Å². The Balaban J connectivity index is 0.00000176. The Bertz CT molecular complexity index is 510. The van der Waals surface area contributed by atoms with Gasteiger partial charge in [0.15, 0.2) is 5.96 Å². The van der Waals surface area contributed by atoms with Gasteiger partial charge in [-0.15, -0.1) is 24.0 Å². The summed E-state index contributed by atoms with van der Waals surface area (Å²) in [7, 11) is 1.96. The van der Waals surface area contributed by atoms with E-state index >= 15 is 0 Å². The summed E-state index contributed by atoms with van der Waals surface area (Å²) in [5.74, 6) is 1.02. The topological polar surface area (TPSA) is 54.7 Å². The molecule has 0 radical (unpaired) electrons. The van der Waals surface area contributed by atoms with Crippen LogP contribution in [0.15, 0.2) is 17.3 Å². The van der Waals surface area contributed by atoms with E-state index in [1.807, 2.05) is 24.0 Å². The maximum atomic E-state index is 5.61. The van der Waals surface area contributed by atoms with Crippen LogP contribution in [0.25, 0.3) is 0 Å². The van der Waals surface area contributed by atoms with Crippen molar-refractivity contribution in [3.63, 3.8) is 0 Å². The molecule has 22 heavy (non-hydrogen) atoms. The predicted octanol–water partition coefficient (Wildman–Crippen LogP) is 1.62. The van der Waals surface area contributed by atoms with Crippen molar-refractivity contribution in [2.45, 2.75) is 26.3 Å². The molecule has 124 valence electrons. The van der Waals surface area contributed by atoms with Crippen LogP contribution in [0.2, 0.25) is 0 Å². The molecule has 1 N–H and O–H groups in total. The molecule has 1 aromatic heterocycles. The average Bonchev–Trinajstić information content (AvgIpc) is 3.19. The summed E-state index contributed by atoms with van der Waals surface area (Å²) in [6, 6.07) is 2.02. The second kappa shape index (κ2) is 7.63. The van der Waals surface area contributed by atoms with E-state index in [-0.39, 0.29) is 24.0 Å². The monoisotopic (exact) mass is 419 g/mol. The molecular formula is C15H26IN5O. The zero-order valence-corrected chi connectivity index (χ0v) is 15.7. The number of aryl methyl sites for hydroxylation is 1. The molecule has 7 heteroatoms. The molecule has 0 amide bonds. The number of likely N-dealkylation sites (tertiary alicyclic amines) is 1. The lowest BCUT2D eigenvalue weighted by molar-refractivity contribution is 0.156. The molecule has 1 aromatic rings. The second-order valence-corrected chi connectivity index (χ2v) is 6.09. The SMILES string of the molecule is CCNC(=NCc1ccnn1C)N1CCC2(CCOC2)C1.I. The molecule has 6 nitrogen and oxygen atoms in total. The number of guanidine groups is 1. The van der Waals surface area contributed by atoms with Crippen LogP contribution in [0.1, 0.15) is 25.5 Å². The highest BCUT2D eigenvalue weighted by Crippen LogP contribution is 2.38. The average molecular weight is 419 g/mol. The zero-order chi connectivity index (χ0) is 14.7. The molecule has 2 aliphatic rings. The van der Waals surface area contributed by atoms with Crippen molar-refractivity contribution in [2.24, 2.45) is 17.5 Å². The standard InChI is InChI=1S/C15H25N5O.HI/c1-3-16-14(17-10-13-4-7-18-19(13)2)20-8-5-15(11-20)6-9-21-12-15;/h4,7H,3,5-6,8-12H2,1-2H3,(H,16,17);1H. The summed E-state index contributed by atoms with van der Waals surface area (Å²) in [4.78, 5) is 7.17. The molecule has 2 fully saturated rings. The molecule has 0 aromatic carbocycles. The van der Waals surface area contributed by atoms with Crippen LogP contribution in [-0.2, 0) is 18.3 Å². The largest absolute Gasteiger partial charge is 0.381 e. The maximum Gasteiger partial charge on any atom is 0.194 e. The van der Waals surface area contributed by atoms with Crippen LogP contribution in [0.4, 0.5) is 0 Å². The van der Waals surface area contributed by atoms with E-state index in [2.05, 4.69) is 22.2 Å². The molecule has 3 heterocycles. The summed E-state index contributed by atoms with van der Waals surface area (Å²) in [6.07, 6.45) is 4.21. The van der Waals surface area contributed by atoms with Crippen LogP contribution >= 0.6 is 24.0 Å². The van der Waals surface area contributed by atoms with Crippen LogP contribution < -0.4 is 5.32 Å². The minimum Gasteiger partial charge on any atom is -0.381 e. The number of nitrogens with one attached hydrogen (secondary N) is 1. The fourth-order valence-electron chi connectivity index (χ4n) is 3.23. The number of ether oxygens (including phenoxy) is 1. The van der Waals surface area contributed by atoms with Crippen LogP contribution in [0, 0.1) is 5.41 Å². The van der Waals surface area contributed by atoms with Gasteiger partial charge in [0.2, 0.25) is 0 Å². The number of aliphatic imine (C=N–C) groups is 1. The first-order chi connectivity index (χ1) is 10.2. The summed E-state index contributed by atoms with van der Waals surface area (Å²) < 4.78 is 7.48. The van der Waals surface area contributed by atoms with Crippen LogP contribution in [0.5, 0.6) is 0 Å². The highest BCUT2D eigenvalue weighted by molar-refractivity contribution is 14.0. The van der Waals surface area contributed by atoms with Crippen molar-refractivity contribution in [3.05, 3.63) is 18.0 Å². The third kappa shape index (κ3) is 3.73. The van der Waals surface area contributed by atoms with Gasteiger partial charge in [0.05, 0.1) is 18.8 Å². The van der Waals surface area contributed by atoms with E-state index in [9.17, 15) is 0 Å². The number of hydrogen-bond donors (Lipinski definition) is 1. The van der Waals surface area contributed by atoms with E-state index in [1.165, 1.54) is 12.8 Å². The van der Waals surface area contributed by atoms with Gasteiger partial charge >= 0.3 is 0 Å². The molecule has 1 atom stereocenters. The fourth-order valence-corrected chi connectivity index (χ4v) is 3.23. The molecule has 0 bridgehead atoms. The number of nitrogens with zero attached hydrogens (tertiary/aromatic N) is 4. The smallest absolute Gasteiger partial charge is 0.194 e. The van der Waals surface area contributed by atoms with Crippen molar-refractivity contribution in [1.82, 2.24) is 20.0 Å². The predicted molar refractivity (Wildman–Crippen MR) is 97.5 cm³/mol. The Morgan fingerprint density at radius 3 is 3.00 bits per heavy atom. The molecule has 1 unspecified atom stereocenters. The van der Waals surface area contributed by atoms with E-state index in [4.69, 9.17) is 9.73 Å². The van der Waals surface area contributed by atoms with Gasteiger partial charge in [0.25, 0.3) is 0 Å². The zero-order valence-electron chi connectivity index (χ0n) is 13.4. The Kier molecular flexibility index (Phi) is 6.08. The van der Waals surface area contributed by atoms with Crippen molar-refractivity contribution in [3.8, 4) is 0 Å². The Morgan fingerprint density at radius 2 is 2.36 bits per heavy atom. The van der Waals surface area contributed by atoms with E-state index in [1.54, 1.807) is 0 Å². The highest BCUT2D eigenvalue weighted by Gasteiger charge is 2.42. The first-order valence-corrected chi connectivity index (χ1v) is 7.80. The molecule has 1 spiro atoms. The molecule has 0 saturated carbocycles. The second-order valence-electron chi connectivity index (χ2n) is 6.09. The number of aromatic nitrogens is 2. The normalized spacial score (nSPS) is 24.8.